The molecule has 1 aliphatic carbocycles. The quantitative estimate of drug-likeness (QED) is 0.800. The third-order valence-electron chi connectivity index (χ3n) is 3.24. The van der Waals surface area contributed by atoms with Gasteiger partial charge in [0.2, 0.25) is 0 Å². The average Bonchev–Trinajstić information content (AvgIpc) is 2.43. The SMILES string of the molecule is COc1cc(=O)c2c([nH]c1=O)CC(Cl)C(Cl)C2C. The minimum absolute atomic E-state index is 0.00107. The highest BCUT2D eigenvalue weighted by atomic mass is 35.5. The zero-order valence-corrected chi connectivity index (χ0v) is 11.5. The van der Waals surface area contributed by atoms with Crippen LogP contribution in [0.1, 0.15) is 24.1 Å². The minimum Gasteiger partial charge on any atom is -0.491 e. The number of fused-ring (bicyclic) bond motifs is 1. The molecule has 0 saturated heterocycles. The van der Waals surface area contributed by atoms with Gasteiger partial charge in [-0.05, 0) is 0 Å². The molecule has 0 spiro atoms. The van der Waals surface area contributed by atoms with Gasteiger partial charge in [-0.1, -0.05) is 6.92 Å². The number of H-pyrrole nitrogens is 1. The number of methoxy groups -OCH3 is 1. The van der Waals surface area contributed by atoms with E-state index in [1.165, 1.54) is 13.2 Å². The largest absolute Gasteiger partial charge is 0.491 e. The molecule has 6 heteroatoms. The van der Waals surface area contributed by atoms with Crippen LogP contribution in [0.3, 0.4) is 0 Å². The lowest BCUT2D eigenvalue weighted by Gasteiger charge is -2.28. The van der Waals surface area contributed by atoms with Gasteiger partial charge in [-0.2, -0.15) is 0 Å². The predicted octanol–water partition coefficient (Wildman–Crippen LogP) is 1.62. The molecule has 1 aromatic rings. The highest BCUT2D eigenvalue weighted by Crippen LogP contribution is 2.34. The van der Waals surface area contributed by atoms with Crippen molar-refractivity contribution in [1.82, 2.24) is 4.98 Å². The van der Waals surface area contributed by atoms with E-state index in [1.54, 1.807) is 0 Å². The van der Waals surface area contributed by atoms with Crippen molar-refractivity contribution in [3.63, 3.8) is 0 Å². The number of hydrogen-bond donors (Lipinski definition) is 1. The van der Waals surface area contributed by atoms with Crippen LogP contribution in [-0.4, -0.2) is 22.8 Å². The van der Waals surface area contributed by atoms with E-state index in [0.29, 0.717) is 17.7 Å². The molecule has 0 aliphatic heterocycles. The number of ether oxygens (including phenoxy) is 1. The molecule has 18 heavy (non-hydrogen) atoms. The Bertz CT molecular complexity index is 584. The topological polar surface area (TPSA) is 59.2 Å². The molecular formula is C12H13Cl2NO3. The van der Waals surface area contributed by atoms with Gasteiger partial charge in [-0.3, -0.25) is 9.59 Å². The second-order valence-corrected chi connectivity index (χ2v) is 5.44. The van der Waals surface area contributed by atoms with Gasteiger partial charge in [-0.25, -0.2) is 0 Å². The summed E-state index contributed by atoms with van der Waals surface area (Å²) in [5, 5.41) is -0.638. The Labute approximate surface area is 114 Å². The lowest BCUT2D eigenvalue weighted by molar-refractivity contribution is 0.409. The molecular weight excluding hydrogens is 277 g/mol. The lowest BCUT2D eigenvalue weighted by Crippen LogP contribution is -2.33. The molecule has 4 nitrogen and oxygen atoms in total. The maximum Gasteiger partial charge on any atom is 0.290 e. The van der Waals surface area contributed by atoms with Crippen molar-refractivity contribution in [1.29, 1.82) is 0 Å². The number of rotatable bonds is 1. The van der Waals surface area contributed by atoms with Crippen LogP contribution >= 0.6 is 23.2 Å². The van der Waals surface area contributed by atoms with Gasteiger partial charge in [0, 0.05) is 29.7 Å². The van der Waals surface area contributed by atoms with Crippen LogP contribution in [-0.2, 0) is 6.42 Å². The van der Waals surface area contributed by atoms with E-state index in [1.807, 2.05) is 6.92 Å². The van der Waals surface area contributed by atoms with Crippen LogP contribution in [0.5, 0.6) is 5.75 Å². The van der Waals surface area contributed by atoms with Crippen molar-refractivity contribution < 1.29 is 4.74 Å². The number of nitrogens with one attached hydrogen (secondary N) is 1. The van der Waals surface area contributed by atoms with Crippen molar-refractivity contribution >= 4 is 23.2 Å². The molecule has 1 aromatic heterocycles. The van der Waals surface area contributed by atoms with Crippen LogP contribution in [0.4, 0.5) is 0 Å². The van der Waals surface area contributed by atoms with Crippen molar-refractivity contribution in [2.75, 3.05) is 7.11 Å². The molecule has 0 radical (unpaired) electrons. The van der Waals surface area contributed by atoms with Crippen LogP contribution < -0.4 is 15.7 Å². The summed E-state index contributed by atoms with van der Waals surface area (Å²) in [7, 11) is 1.35. The number of aromatic amines is 1. The fourth-order valence-corrected chi connectivity index (χ4v) is 2.86. The number of halogens is 2. The lowest BCUT2D eigenvalue weighted by atomic mass is 9.86. The van der Waals surface area contributed by atoms with E-state index < -0.39 is 5.56 Å². The van der Waals surface area contributed by atoms with E-state index in [4.69, 9.17) is 27.9 Å². The zero-order chi connectivity index (χ0) is 13.4. The molecule has 2 rings (SSSR count). The van der Waals surface area contributed by atoms with Gasteiger partial charge in [0.05, 0.1) is 17.9 Å². The Balaban J connectivity index is 2.76. The first-order valence-electron chi connectivity index (χ1n) is 5.58. The normalized spacial score (nSPS) is 26.6. The summed E-state index contributed by atoms with van der Waals surface area (Å²) in [6, 6.07) is 1.20. The standard InChI is InChI=1S/C12H13Cl2NO3/c1-5-10-7(3-6(13)11(5)14)15-12(17)9(18-2)4-8(10)16/h4-6,11H,3H2,1-2H3,(H,15,17). The van der Waals surface area contributed by atoms with Gasteiger partial charge >= 0.3 is 0 Å². The highest BCUT2D eigenvalue weighted by molar-refractivity contribution is 6.30. The van der Waals surface area contributed by atoms with Crippen molar-refractivity contribution in [2.45, 2.75) is 30.0 Å². The van der Waals surface area contributed by atoms with E-state index >= 15 is 0 Å². The molecule has 1 aliphatic rings. The molecule has 0 bridgehead atoms. The van der Waals surface area contributed by atoms with Crippen molar-refractivity contribution in [3.05, 3.63) is 37.9 Å². The first kappa shape index (κ1) is 13.4. The van der Waals surface area contributed by atoms with E-state index in [-0.39, 0.29) is 27.9 Å². The van der Waals surface area contributed by atoms with Crippen LogP contribution in [0.15, 0.2) is 15.7 Å². The Hall–Kier alpha value is -1.000. The van der Waals surface area contributed by atoms with Crippen LogP contribution in [0.25, 0.3) is 0 Å². The highest BCUT2D eigenvalue weighted by Gasteiger charge is 2.33. The van der Waals surface area contributed by atoms with Crippen molar-refractivity contribution in [3.8, 4) is 5.75 Å². The van der Waals surface area contributed by atoms with Gasteiger partial charge in [0.1, 0.15) is 0 Å². The maximum absolute atomic E-state index is 12.1. The van der Waals surface area contributed by atoms with E-state index in [2.05, 4.69) is 4.98 Å². The summed E-state index contributed by atoms with van der Waals surface area (Å²) in [5.41, 5.74) is 0.395. The molecule has 3 unspecified atom stereocenters. The first-order valence-corrected chi connectivity index (χ1v) is 6.45. The second kappa shape index (κ2) is 4.94. The number of aromatic nitrogens is 1. The van der Waals surface area contributed by atoms with Crippen molar-refractivity contribution in [2.24, 2.45) is 0 Å². The summed E-state index contributed by atoms with van der Waals surface area (Å²) >= 11 is 12.3. The van der Waals surface area contributed by atoms with Gasteiger partial charge in [-0.15, -0.1) is 23.2 Å². The van der Waals surface area contributed by atoms with E-state index in [0.717, 1.165) is 0 Å². The summed E-state index contributed by atoms with van der Waals surface area (Å²) in [5.74, 6) is -0.211. The number of hydrogen-bond acceptors (Lipinski definition) is 3. The fraction of sp³-hybridized carbons (Fsp3) is 0.500. The molecule has 3 atom stereocenters. The monoisotopic (exact) mass is 289 g/mol. The smallest absolute Gasteiger partial charge is 0.290 e. The Morgan fingerprint density at radius 1 is 1.39 bits per heavy atom. The summed E-state index contributed by atoms with van der Waals surface area (Å²) in [6.07, 6.45) is 0.373. The third-order valence-corrected chi connectivity index (χ3v) is 4.48. The molecule has 1 N–H and O–H groups in total. The van der Waals surface area contributed by atoms with Crippen LogP contribution in [0.2, 0.25) is 0 Å². The molecule has 0 amide bonds. The second-order valence-electron chi connectivity index (χ2n) is 4.38. The minimum atomic E-state index is -0.431. The first-order chi connectivity index (χ1) is 8.45. The zero-order valence-electron chi connectivity index (χ0n) is 10.00. The van der Waals surface area contributed by atoms with E-state index in [9.17, 15) is 9.59 Å². The molecule has 0 fully saturated rings. The van der Waals surface area contributed by atoms with Crippen LogP contribution in [0, 0.1) is 0 Å². The van der Waals surface area contributed by atoms with Gasteiger partial charge in [0.25, 0.3) is 5.56 Å². The Kier molecular flexibility index (Phi) is 3.69. The average molecular weight is 290 g/mol. The third kappa shape index (κ3) is 2.15. The van der Waals surface area contributed by atoms with Gasteiger partial charge in [0.15, 0.2) is 11.2 Å². The summed E-state index contributed by atoms with van der Waals surface area (Å²) in [4.78, 5) is 26.6. The Morgan fingerprint density at radius 2 is 2.06 bits per heavy atom. The maximum atomic E-state index is 12.1. The number of alkyl halides is 2. The molecule has 1 heterocycles. The molecule has 0 aromatic carbocycles. The Morgan fingerprint density at radius 3 is 2.67 bits per heavy atom. The predicted molar refractivity (Wildman–Crippen MR) is 71.3 cm³/mol. The molecule has 0 saturated carbocycles. The van der Waals surface area contributed by atoms with Gasteiger partial charge < -0.3 is 9.72 Å². The summed E-state index contributed by atoms with van der Waals surface area (Å²) in [6.45, 7) is 1.83. The summed E-state index contributed by atoms with van der Waals surface area (Å²) < 4.78 is 4.88. The molecule has 98 valence electrons. The fourth-order valence-electron chi connectivity index (χ4n) is 2.27.